The minimum Gasteiger partial charge on any atom is -0.384 e. The van der Waals surface area contributed by atoms with Gasteiger partial charge < -0.3 is 5.11 Å². The molecule has 0 spiro atoms. The molecule has 0 amide bonds. The Balaban J connectivity index is 2.55. The van der Waals surface area contributed by atoms with Crippen LogP contribution in [0.3, 0.4) is 0 Å². The van der Waals surface area contributed by atoms with Crippen molar-refractivity contribution < 1.29 is 5.11 Å². The average Bonchev–Trinajstić information content (AvgIpc) is 2.83. The Hall–Kier alpha value is -0.820. The molecule has 0 aliphatic rings. The van der Waals surface area contributed by atoms with Gasteiger partial charge in [0.25, 0.3) is 0 Å². The second kappa shape index (κ2) is 9.14. The smallest absolute Gasteiger partial charge is 0.104 e. The van der Waals surface area contributed by atoms with Crippen LogP contribution in [0, 0.1) is 11.8 Å². The SMILES string of the molecule is CCCCCN(Cc1cc(C#CCO)cs1)C(C)C. The first-order valence-electron chi connectivity index (χ1n) is 7.08. The number of unbranched alkanes of at least 4 members (excludes halogenated alkanes) is 2. The normalized spacial score (nSPS) is 10.8. The summed E-state index contributed by atoms with van der Waals surface area (Å²) in [6.07, 6.45) is 3.85. The summed E-state index contributed by atoms with van der Waals surface area (Å²) < 4.78 is 0. The van der Waals surface area contributed by atoms with Crippen LogP contribution in [0.1, 0.15) is 50.5 Å². The van der Waals surface area contributed by atoms with E-state index in [1.165, 1.54) is 30.7 Å². The fourth-order valence-electron chi connectivity index (χ4n) is 1.96. The van der Waals surface area contributed by atoms with Crippen molar-refractivity contribution in [3.63, 3.8) is 0 Å². The van der Waals surface area contributed by atoms with Gasteiger partial charge >= 0.3 is 0 Å². The molecule has 0 unspecified atom stereocenters. The van der Waals surface area contributed by atoms with E-state index in [1.807, 2.05) is 0 Å². The molecule has 0 atom stereocenters. The summed E-state index contributed by atoms with van der Waals surface area (Å²) in [5, 5.41) is 10.8. The zero-order valence-corrected chi connectivity index (χ0v) is 13.1. The van der Waals surface area contributed by atoms with E-state index in [0.29, 0.717) is 6.04 Å². The van der Waals surface area contributed by atoms with Crippen molar-refractivity contribution in [2.75, 3.05) is 13.2 Å². The van der Waals surface area contributed by atoms with Gasteiger partial charge in [-0.25, -0.2) is 0 Å². The Morgan fingerprint density at radius 2 is 2.16 bits per heavy atom. The van der Waals surface area contributed by atoms with E-state index in [2.05, 4.69) is 49.0 Å². The molecule has 1 aromatic heterocycles. The molecule has 3 heteroatoms. The molecule has 0 aromatic carbocycles. The lowest BCUT2D eigenvalue weighted by Crippen LogP contribution is -2.30. The highest BCUT2D eigenvalue weighted by atomic mass is 32.1. The Bertz CT molecular complexity index is 414. The standard InChI is InChI=1S/C16H25NOS/c1-4-5-6-9-17(14(2)3)12-16-11-15(13-19-16)8-7-10-18/h11,13-14,18H,4-6,9-10,12H2,1-3H3. The minimum atomic E-state index is -0.0691. The van der Waals surface area contributed by atoms with Gasteiger partial charge in [0, 0.05) is 28.4 Å². The van der Waals surface area contributed by atoms with E-state index in [4.69, 9.17) is 5.11 Å². The number of aliphatic hydroxyl groups is 1. The maximum Gasteiger partial charge on any atom is 0.104 e. The highest BCUT2D eigenvalue weighted by Gasteiger charge is 2.10. The molecule has 0 saturated heterocycles. The quantitative estimate of drug-likeness (QED) is 0.610. The summed E-state index contributed by atoms with van der Waals surface area (Å²) in [5.74, 6) is 5.66. The van der Waals surface area contributed by atoms with Gasteiger partial charge in [0.05, 0.1) is 0 Å². The third kappa shape index (κ3) is 6.24. The van der Waals surface area contributed by atoms with Gasteiger partial charge in [0.1, 0.15) is 6.61 Å². The first kappa shape index (κ1) is 16.2. The van der Waals surface area contributed by atoms with E-state index >= 15 is 0 Å². The van der Waals surface area contributed by atoms with Crippen LogP contribution in [-0.4, -0.2) is 29.2 Å². The Kier molecular flexibility index (Phi) is 7.81. The Morgan fingerprint density at radius 3 is 2.79 bits per heavy atom. The zero-order valence-electron chi connectivity index (χ0n) is 12.3. The van der Waals surface area contributed by atoms with Crippen molar-refractivity contribution in [3.05, 3.63) is 21.9 Å². The first-order valence-corrected chi connectivity index (χ1v) is 7.96. The van der Waals surface area contributed by atoms with Crippen LogP contribution >= 0.6 is 11.3 Å². The first-order chi connectivity index (χ1) is 9.17. The van der Waals surface area contributed by atoms with Crippen molar-refractivity contribution in [1.82, 2.24) is 4.90 Å². The van der Waals surface area contributed by atoms with Crippen molar-refractivity contribution in [3.8, 4) is 11.8 Å². The van der Waals surface area contributed by atoms with Crippen LogP contribution in [0.4, 0.5) is 0 Å². The van der Waals surface area contributed by atoms with E-state index in [-0.39, 0.29) is 6.61 Å². The van der Waals surface area contributed by atoms with Crippen molar-refractivity contribution in [2.45, 2.75) is 52.6 Å². The van der Waals surface area contributed by atoms with Crippen molar-refractivity contribution >= 4 is 11.3 Å². The van der Waals surface area contributed by atoms with Crippen molar-refractivity contribution in [2.24, 2.45) is 0 Å². The molecule has 0 bridgehead atoms. The monoisotopic (exact) mass is 279 g/mol. The maximum absolute atomic E-state index is 8.69. The highest BCUT2D eigenvalue weighted by Crippen LogP contribution is 2.18. The molecule has 19 heavy (non-hydrogen) atoms. The molecular formula is C16H25NOS. The van der Waals surface area contributed by atoms with Crippen LogP contribution in [0.15, 0.2) is 11.4 Å². The van der Waals surface area contributed by atoms with Crippen LogP contribution in [0.2, 0.25) is 0 Å². The molecule has 1 N–H and O–H groups in total. The minimum absolute atomic E-state index is 0.0691. The lowest BCUT2D eigenvalue weighted by molar-refractivity contribution is 0.210. The highest BCUT2D eigenvalue weighted by molar-refractivity contribution is 7.10. The zero-order chi connectivity index (χ0) is 14.1. The van der Waals surface area contributed by atoms with E-state index in [9.17, 15) is 0 Å². The fourth-order valence-corrected chi connectivity index (χ4v) is 2.80. The molecular weight excluding hydrogens is 254 g/mol. The van der Waals surface area contributed by atoms with Gasteiger partial charge in [-0.05, 0) is 32.9 Å². The molecule has 0 aliphatic carbocycles. The number of nitrogens with zero attached hydrogens (tertiary/aromatic N) is 1. The summed E-state index contributed by atoms with van der Waals surface area (Å²) in [6.45, 7) is 8.86. The summed E-state index contributed by atoms with van der Waals surface area (Å²) in [4.78, 5) is 3.87. The predicted molar refractivity (Wildman–Crippen MR) is 83.4 cm³/mol. The largest absolute Gasteiger partial charge is 0.384 e. The van der Waals surface area contributed by atoms with Gasteiger partial charge in [-0.15, -0.1) is 11.3 Å². The van der Waals surface area contributed by atoms with Gasteiger partial charge in [-0.3, -0.25) is 4.90 Å². The predicted octanol–water partition coefficient (Wildman–Crippen LogP) is 3.49. The van der Waals surface area contributed by atoms with Gasteiger partial charge in [-0.1, -0.05) is 31.6 Å². The van der Waals surface area contributed by atoms with Crippen LogP contribution in [0.5, 0.6) is 0 Å². The van der Waals surface area contributed by atoms with Crippen LogP contribution in [0.25, 0.3) is 0 Å². The molecule has 1 heterocycles. The van der Waals surface area contributed by atoms with E-state index < -0.39 is 0 Å². The average molecular weight is 279 g/mol. The Labute approximate surface area is 121 Å². The van der Waals surface area contributed by atoms with E-state index in [0.717, 1.165) is 12.1 Å². The molecule has 0 radical (unpaired) electrons. The molecule has 0 aliphatic heterocycles. The third-order valence-electron chi connectivity index (χ3n) is 3.10. The molecule has 1 rings (SSSR count). The number of thiophene rings is 1. The van der Waals surface area contributed by atoms with Gasteiger partial charge in [0.2, 0.25) is 0 Å². The molecule has 106 valence electrons. The lowest BCUT2D eigenvalue weighted by Gasteiger charge is -2.25. The summed E-state index contributed by atoms with van der Waals surface area (Å²) in [6, 6.07) is 2.72. The summed E-state index contributed by atoms with van der Waals surface area (Å²) in [7, 11) is 0. The van der Waals surface area contributed by atoms with E-state index in [1.54, 1.807) is 11.3 Å². The number of aliphatic hydroxyl groups excluding tert-OH is 1. The van der Waals surface area contributed by atoms with Crippen LogP contribution in [-0.2, 0) is 6.54 Å². The van der Waals surface area contributed by atoms with Crippen molar-refractivity contribution in [1.29, 1.82) is 0 Å². The topological polar surface area (TPSA) is 23.5 Å². The van der Waals surface area contributed by atoms with Gasteiger partial charge in [0.15, 0.2) is 0 Å². The molecule has 2 nitrogen and oxygen atoms in total. The maximum atomic E-state index is 8.69. The fraction of sp³-hybridized carbons (Fsp3) is 0.625. The third-order valence-corrected chi connectivity index (χ3v) is 4.03. The van der Waals surface area contributed by atoms with Crippen LogP contribution < -0.4 is 0 Å². The summed E-state index contributed by atoms with van der Waals surface area (Å²) >= 11 is 1.76. The second-order valence-corrected chi connectivity index (χ2v) is 6.03. The molecule has 0 fully saturated rings. The number of rotatable bonds is 7. The summed E-state index contributed by atoms with van der Waals surface area (Å²) in [5.41, 5.74) is 1.02. The molecule has 0 saturated carbocycles. The lowest BCUT2D eigenvalue weighted by atomic mass is 10.2. The van der Waals surface area contributed by atoms with Gasteiger partial charge in [-0.2, -0.15) is 0 Å². The number of hydrogen-bond donors (Lipinski definition) is 1. The molecule has 1 aromatic rings. The second-order valence-electron chi connectivity index (χ2n) is 5.03. The Morgan fingerprint density at radius 1 is 1.37 bits per heavy atom. The number of hydrogen-bond acceptors (Lipinski definition) is 3.